The average molecular weight is 193 g/mol. The minimum Gasteiger partial charge on any atom is -0.475 e. The Labute approximate surface area is 81.4 Å². The van der Waals surface area contributed by atoms with Crippen LogP contribution in [0.5, 0.6) is 0 Å². The average Bonchev–Trinajstić information content (AvgIpc) is 2.71. The summed E-state index contributed by atoms with van der Waals surface area (Å²) < 4.78 is 0. The lowest BCUT2D eigenvalue weighted by molar-refractivity contribution is 0.0683. The Kier molecular flexibility index (Phi) is 2.30. The molecule has 0 bridgehead atoms. The highest BCUT2D eigenvalue weighted by atomic mass is 16.4. The first-order valence-corrected chi connectivity index (χ1v) is 4.58. The van der Waals surface area contributed by atoms with Gasteiger partial charge in [-0.2, -0.15) is 0 Å². The molecule has 0 spiro atoms. The number of hydrogen-bond acceptors (Lipinski definition) is 4. The molecule has 0 saturated carbocycles. The van der Waals surface area contributed by atoms with Crippen molar-refractivity contribution in [2.45, 2.75) is 12.8 Å². The SMILES string of the molecule is O=C(O)c1nccc(N2CCCC2)n1. The molecule has 1 N–H and O–H groups in total. The summed E-state index contributed by atoms with van der Waals surface area (Å²) in [5, 5.41) is 8.71. The van der Waals surface area contributed by atoms with Crippen molar-refractivity contribution in [3.8, 4) is 0 Å². The Morgan fingerprint density at radius 1 is 1.43 bits per heavy atom. The van der Waals surface area contributed by atoms with E-state index in [1.165, 1.54) is 6.20 Å². The van der Waals surface area contributed by atoms with Crippen molar-refractivity contribution < 1.29 is 9.90 Å². The molecule has 14 heavy (non-hydrogen) atoms. The van der Waals surface area contributed by atoms with Crippen LogP contribution in [-0.2, 0) is 0 Å². The van der Waals surface area contributed by atoms with Crippen LogP contribution >= 0.6 is 0 Å². The van der Waals surface area contributed by atoms with Crippen LogP contribution in [0.25, 0.3) is 0 Å². The summed E-state index contributed by atoms with van der Waals surface area (Å²) in [6, 6.07) is 1.75. The smallest absolute Gasteiger partial charge is 0.374 e. The second kappa shape index (κ2) is 3.61. The van der Waals surface area contributed by atoms with Crippen LogP contribution in [0.3, 0.4) is 0 Å². The van der Waals surface area contributed by atoms with Crippen molar-refractivity contribution in [1.29, 1.82) is 0 Å². The van der Waals surface area contributed by atoms with Gasteiger partial charge in [0.2, 0.25) is 5.82 Å². The molecule has 0 aromatic carbocycles. The molecule has 1 aliphatic rings. The van der Waals surface area contributed by atoms with E-state index in [4.69, 9.17) is 5.11 Å². The molecule has 0 atom stereocenters. The minimum absolute atomic E-state index is 0.130. The second-order valence-corrected chi connectivity index (χ2v) is 3.24. The van der Waals surface area contributed by atoms with E-state index in [9.17, 15) is 4.79 Å². The normalized spacial score (nSPS) is 15.9. The van der Waals surface area contributed by atoms with E-state index >= 15 is 0 Å². The molecule has 0 radical (unpaired) electrons. The number of aromatic nitrogens is 2. The third-order valence-electron chi connectivity index (χ3n) is 2.26. The molecular formula is C9H11N3O2. The van der Waals surface area contributed by atoms with E-state index in [0.29, 0.717) is 0 Å². The predicted molar refractivity (Wildman–Crippen MR) is 50.4 cm³/mol. The van der Waals surface area contributed by atoms with Crippen LogP contribution in [0.1, 0.15) is 23.5 Å². The molecule has 2 heterocycles. The molecule has 1 aliphatic heterocycles. The van der Waals surface area contributed by atoms with Gasteiger partial charge in [-0.1, -0.05) is 0 Å². The number of carbonyl (C=O) groups is 1. The summed E-state index contributed by atoms with van der Waals surface area (Å²) in [4.78, 5) is 20.3. The molecular weight excluding hydrogens is 182 g/mol. The molecule has 1 aromatic rings. The van der Waals surface area contributed by atoms with E-state index in [2.05, 4.69) is 14.9 Å². The van der Waals surface area contributed by atoms with Crippen LogP contribution in [0.4, 0.5) is 5.82 Å². The highest BCUT2D eigenvalue weighted by molar-refractivity contribution is 5.83. The fraction of sp³-hybridized carbons (Fsp3) is 0.444. The fourth-order valence-electron chi connectivity index (χ4n) is 1.57. The Morgan fingerprint density at radius 2 is 2.14 bits per heavy atom. The van der Waals surface area contributed by atoms with Crippen molar-refractivity contribution in [3.63, 3.8) is 0 Å². The van der Waals surface area contributed by atoms with Crippen molar-refractivity contribution in [3.05, 3.63) is 18.1 Å². The van der Waals surface area contributed by atoms with Crippen molar-refractivity contribution >= 4 is 11.8 Å². The van der Waals surface area contributed by atoms with Gasteiger partial charge in [0.1, 0.15) is 5.82 Å². The van der Waals surface area contributed by atoms with Crippen LogP contribution in [0.15, 0.2) is 12.3 Å². The van der Waals surface area contributed by atoms with Gasteiger partial charge in [0.25, 0.3) is 0 Å². The van der Waals surface area contributed by atoms with E-state index in [1.807, 2.05) is 0 Å². The molecule has 1 saturated heterocycles. The number of anilines is 1. The van der Waals surface area contributed by atoms with Crippen molar-refractivity contribution in [1.82, 2.24) is 9.97 Å². The largest absolute Gasteiger partial charge is 0.475 e. The predicted octanol–water partition coefficient (Wildman–Crippen LogP) is 0.775. The third kappa shape index (κ3) is 1.66. The summed E-state index contributed by atoms with van der Waals surface area (Å²) in [6.45, 7) is 1.91. The van der Waals surface area contributed by atoms with Gasteiger partial charge in [0.15, 0.2) is 0 Å². The Balaban J connectivity index is 2.25. The first-order chi connectivity index (χ1) is 6.77. The topological polar surface area (TPSA) is 66.3 Å². The summed E-state index contributed by atoms with van der Waals surface area (Å²) in [5.41, 5.74) is 0. The lowest BCUT2D eigenvalue weighted by Crippen LogP contribution is -2.20. The number of rotatable bonds is 2. The van der Waals surface area contributed by atoms with Gasteiger partial charge in [-0.15, -0.1) is 0 Å². The van der Waals surface area contributed by atoms with Gasteiger partial charge >= 0.3 is 5.97 Å². The zero-order chi connectivity index (χ0) is 9.97. The number of nitrogens with zero attached hydrogens (tertiary/aromatic N) is 3. The summed E-state index contributed by atoms with van der Waals surface area (Å²) in [5.74, 6) is -0.490. The molecule has 5 heteroatoms. The van der Waals surface area contributed by atoms with Crippen LogP contribution in [0.2, 0.25) is 0 Å². The first-order valence-electron chi connectivity index (χ1n) is 4.58. The summed E-state index contributed by atoms with van der Waals surface area (Å²) >= 11 is 0. The van der Waals surface area contributed by atoms with E-state index < -0.39 is 5.97 Å². The van der Waals surface area contributed by atoms with Gasteiger partial charge in [0, 0.05) is 19.3 Å². The lowest BCUT2D eigenvalue weighted by Gasteiger charge is -2.15. The number of carboxylic acid groups (broad SMARTS) is 1. The fourth-order valence-corrected chi connectivity index (χ4v) is 1.57. The van der Waals surface area contributed by atoms with Gasteiger partial charge in [-0.3, -0.25) is 0 Å². The van der Waals surface area contributed by atoms with Crippen molar-refractivity contribution in [2.75, 3.05) is 18.0 Å². The quantitative estimate of drug-likeness (QED) is 0.751. The summed E-state index contributed by atoms with van der Waals surface area (Å²) in [7, 11) is 0. The number of carboxylic acids is 1. The van der Waals surface area contributed by atoms with Crippen LogP contribution < -0.4 is 4.90 Å². The zero-order valence-electron chi connectivity index (χ0n) is 7.68. The zero-order valence-corrected chi connectivity index (χ0v) is 7.68. The maximum atomic E-state index is 10.6. The third-order valence-corrected chi connectivity index (χ3v) is 2.26. The van der Waals surface area contributed by atoms with E-state index in [1.54, 1.807) is 6.07 Å². The lowest BCUT2D eigenvalue weighted by atomic mass is 10.4. The minimum atomic E-state index is -1.08. The first kappa shape index (κ1) is 8.93. The molecule has 0 unspecified atom stereocenters. The molecule has 2 rings (SSSR count). The van der Waals surface area contributed by atoms with Crippen LogP contribution in [0, 0.1) is 0 Å². The molecule has 0 amide bonds. The second-order valence-electron chi connectivity index (χ2n) is 3.24. The number of hydrogen-bond donors (Lipinski definition) is 1. The highest BCUT2D eigenvalue weighted by Gasteiger charge is 2.15. The van der Waals surface area contributed by atoms with Gasteiger partial charge < -0.3 is 10.0 Å². The summed E-state index contributed by atoms with van der Waals surface area (Å²) in [6.07, 6.45) is 3.78. The Bertz CT molecular complexity index is 348. The molecule has 74 valence electrons. The molecule has 1 fully saturated rings. The molecule has 1 aromatic heterocycles. The maximum absolute atomic E-state index is 10.6. The highest BCUT2D eigenvalue weighted by Crippen LogP contribution is 2.16. The molecule has 5 nitrogen and oxygen atoms in total. The Morgan fingerprint density at radius 3 is 2.79 bits per heavy atom. The van der Waals surface area contributed by atoms with Gasteiger partial charge in [-0.25, -0.2) is 14.8 Å². The molecule has 0 aliphatic carbocycles. The maximum Gasteiger partial charge on any atom is 0.374 e. The van der Waals surface area contributed by atoms with Gasteiger partial charge in [0.05, 0.1) is 0 Å². The van der Waals surface area contributed by atoms with E-state index in [-0.39, 0.29) is 5.82 Å². The standard InChI is InChI=1S/C9H11N3O2/c13-9(14)8-10-4-3-7(11-8)12-5-1-2-6-12/h3-4H,1-2,5-6H2,(H,13,14). The van der Waals surface area contributed by atoms with E-state index in [0.717, 1.165) is 31.7 Å². The monoisotopic (exact) mass is 193 g/mol. The van der Waals surface area contributed by atoms with Crippen LogP contribution in [-0.4, -0.2) is 34.1 Å². The van der Waals surface area contributed by atoms with Gasteiger partial charge in [-0.05, 0) is 18.9 Å². The number of aromatic carboxylic acids is 1. The Hall–Kier alpha value is -1.65. The van der Waals surface area contributed by atoms with Crippen molar-refractivity contribution in [2.24, 2.45) is 0 Å².